The summed E-state index contributed by atoms with van der Waals surface area (Å²) < 4.78 is 49.6. The first-order valence-corrected chi connectivity index (χ1v) is 7.09. The highest BCUT2D eigenvalue weighted by atomic mass is 19.4. The first kappa shape index (κ1) is 17.3. The maximum atomic E-state index is 13.0. The summed E-state index contributed by atoms with van der Waals surface area (Å²) >= 11 is 0. The minimum absolute atomic E-state index is 0.108. The summed E-state index contributed by atoms with van der Waals surface area (Å²) in [5, 5.41) is 0. The number of carbonyl (C=O) groups is 1. The summed E-state index contributed by atoms with van der Waals surface area (Å²) in [5.74, 6) is -0.270. The third-order valence-corrected chi connectivity index (χ3v) is 3.45. The van der Waals surface area contributed by atoms with E-state index in [0.29, 0.717) is 5.56 Å². The Labute approximate surface area is 132 Å². The number of nitrogens with zero attached hydrogens (tertiary/aromatic N) is 1. The van der Waals surface area contributed by atoms with Gasteiger partial charge in [-0.15, -0.1) is 0 Å². The van der Waals surface area contributed by atoms with E-state index in [1.165, 1.54) is 6.07 Å². The predicted molar refractivity (Wildman–Crippen MR) is 78.3 cm³/mol. The number of ether oxygens (including phenoxy) is 2. The lowest BCUT2D eigenvalue weighted by molar-refractivity contribution is -0.150. The van der Waals surface area contributed by atoms with Crippen molar-refractivity contribution in [3.63, 3.8) is 0 Å². The molecule has 1 aliphatic heterocycles. The normalized spacial score (nSPS) is 18.4. The van der Waals surface area contributed by atoms with E-state index in [2.05, 4.69) is 0 Å². The molecular formula is C16H18F3NO3. The van der Waals surface area contributed by atoms with Crippen LogP contribution in [-0.2, 0) is 20.4 Å². The van der Waals surface area contributed by atoms with Crippen molar-refractivity contribution in [3.8, 4) is 0 Å². The highest BCUT2D eigenvalue weighted by molar-refractivity contribution is 6.24. The number of rotatable bonds is 4. The molecule has 1 heterocycles. The van der Waals surface area contributed by atoms with Crippen molar-refractivity contribution in [1.29, 1.82) is 0 Å². The molecule has 7 heteroatoms. The third kappa shape index (κ3) is 3.34. The molecule has 1 aromatic carbocycles. The Bertz CT molecular complexity index is 650. The summed E-state index contributed by atoms with van der Waals surface area (Å²) in [5.41, 5.74) is 0.0607. The minimum atomic E-state index is -4.48. The van der Waals surface area contributed by atoms with Gasteiger partial charge in [-0.3, -0.25) is 4.79 Å². The quantitative estimate of drug-likeness (QED) is 0.850. The van der Waals surface area contributed by atoms with Crippen LogP contribution in [0.5, 0.6) is 0 Å². The van der Waals surface area contributed by atoms with Gasteiger partial charge in [-0.25, -0.2) is 0 Å². The zero-order valence-electron chi connectivity index (χ0n) is 13.3. The van der Waals surface area contributed by atoms with Crippen molar-refractivity contribution >= 4 is 11.4 Å². The van der Waals surface area contributed by atoms with Gasteiger partial charge in [-0.2, -0.15) is 13.2 Å². The van der Waals surface area contributed by atoms with Crippen molar-refractivity contribution < 1.29 is 27.4 Å². The number of benzene rings is 1. The molecule has 0 spiro atoms. The smallest absolute Gasteiger partial charge is 0.416 e. The molecule has 1 aliphatic rings. The third-order valence-electron chi connectivity index (χ3n) is 3.45. The number of alkyl halides is 3. The zero-order chi connectivity index (χ0) is 17.4. The summed E-state index contributed by atoms with van der Waals surface area (Å²) in [7, 11) is 3.31. The van der Waals surface area contributed by atoms with Gasteiger partial charge >= 0.3 is 6.18 Å². The largest absolute Gasteiger partial charge is 0.441 e. The second kappa shape index (κ2) is 6.23. The topological polar surface area (TPSA) is 38.8 Å². The van der Waals surface area contributed by atoms with Crippen LogP contribution in [0.15, 0.2) is 24.1 Å². The lowest BCUT2D eigenvalue weighted by Crippen LogP contribution is -2.22. The zero-order valence-corrected chi connectivity index (χ0v) is 13.3. The Morgan fingerprint density at radius 1 is 1.30 bits per heavy atom. The van der Waals surface area contributed by atoms with E-state index in [-0.39, 0.29) is 23.6 Å². The van der Waals surface area contributed by atoms with E-state index in [9.17, 15) is 18.0 Å². The van der Waals surface area contributed by atoms with Gasteiger partial charge < -0.3 is 14.4 Å². The molecular weight excluding hydrogens is 311 g/mol. The van der Waals surface area contributed by atoms with Crippen molar-refractivity contribution in [2.75, 3.05) is 20.7 Å². The van der Waals surface area contributed by atoms with Gasteiger partial charge in [-0.1, -0.05) is 6.07 Å². The van der Waals surface area contributed by atoms with Crippen LogP contribution in [0, 0.1) is 6.92 Å². The summed E-state index contributed by atoms with van der Waals surface area (Å²) in [4.78, 5) is 14.1. The van der Waals surface area contributed by atoms with Crippen LogP contribution in [0.25, 0.3) is 5.57 Å². The van der Waals surface area contributed by atoms with Gasteiger partial charge in [0.05, 0.1) is 11.1 Å². The predicted octanol–water partition coefficient (Wildman–Crippen LogP) is 3.21. The van der Waals surface area contributed by atoms with E-state index in [0.717, 1.165) is 12.1 Å². The lowest BCUT2D eigenvalue weighted by Gasteiger charge is -2.17. The van der Waals surface area contributed by atoms with Crippen molar-refractivity contribution in [2.24, 2.45) is 0 Å². The molecule has 126 valence electrons. The summed E-state index contributed by atoms with van der Waals surface area (Å²) in [6, 6.07) is 3.32. The van der Waals surface area contributed by atoms with Crippen molar-refractivity contribution in [1.82, 2.24) is 4.90 Å². The van der Waals surface area contributed by atoms with Crippen LogP contribution >= 0.6 is 0 Å². The highest BCUT2D eigenvalue weighted by Gasteiger charge is 2.39. The molecule has 1 aromatic rings. The Balaban J connectivity index is 2.57. The van der Waals surface area contributed by atoms with Crippen LogP contribution in [0.1, 0.15) is 23.6 Å². The number of Topliss-reactive ketones (excluding diaryl/α,β-unsaturated/α-hetero) is 1. The molecule has 1 atom stereocenters. The van der Waals surface area contributed by atoms with Gasteiger partial charge in [0, 0.05) is 20.7 Å². The maximum Gasteiger partial charge on any atom is 0.416 e. The second-order valence-electron chi connectivity index (χ2n) is 5.37. The number of aryl methyl sites for hydroxylation is 1. The average molecular weight is 329 g/mol. The molecule has 0 radical (unpaired) electrons. The van der Waals surface area contributed by atoms with Crippen molar-refractivity contribution in [2.45, 2.75) is 26.3 Å². The van der Waals surface area contributed by atoms with Crippen LogP contribution < -0.4 is 0 Å². The maximum absolute atomic E-state index is 13.0. The molecule has 2 rings (SSSR count). The average Bonchev–Trinajstić information content (AvgIpc) is 2.76. The summed E-state index contributed by atoms with van der Waals surface area (Å²) in [6.45, 7) is 3.61. The van der Waals surface area contributed by atoms with Gasteiger partial charge in [0.25, 0.3) is 6.29 Å². The van der Waals surface area contributed by atoms with Crippen LogP contribution in [0.3, 0.4) is 0 Å². The van der Waals surface area contributed by atoms with Crippen LogP contribution in [0.2, 0.25) is 0 Å². The Morgan fingerprint density at radius 3 is 2.48 bits per heavy atom. The van der Waals surface area contributed by atoms with E-state index >= 15 is 0 Å². The first-order valence-electron chi connectivity index (χ1n) is 7.09. The fourth-order valence-corrected chi connectivity index (χ4v) is 2.34. The summed E-state index contributed by atoms with van der Waals surface area (Å²) in [6.07, 6.45) is -5.61. The molecule has 4 nitrogen and oxygen atoms in total. The monoisotopic (exact) mass is 329 g/mol. The van der Waals surface area contributed by atoms with Gasteiger partial charge in [-0.05, 0) is 37.1 Å². The second-order valence-corrected chi connectivity index (χ2v) is 5.37. The molecule has 0 fully saturated rings. The van der Waals surface area contributed by atoms with Gasteiger partial charge in [0.1, 0.15) is 0 Å². The first-order chi connectivity index (χ1) is 10.7. The molecule has 0 saturated heterocycles. The molecule has 0 N–H and O–H groups in total. The molecule has 0 aromatic heterocycles. The van der Waals surface area contributed by atoms with Crippen LogP contribution in [0.4, 0.5) is 13.2 Å². The number of hydrogen-bond acceptors (Lipinski definition) is 4. The fourth-order valence-electron chi connectivity index (χ4n) is 2.34. The van der Waals surface area contributed by atoms with E-state index in [1.807, 2.05) is 0 Å². The number of carbonyl (C=O) groups excluding carboxylic acids is 1. The van der Waals surface area contributed by atoms with E-state index in [1.54, 1.807) is 32.8 Å². The Morgan fingerprint density at radius 2 is 1.96 bits per heavy atom. The molecule has 1 unspecified atom stereocenters. The Hall–Kier alpha value is -2.02. The number of hydrogen-bond donors (Lipinski definition) is 0. The van der Waals surface area contributed by atoms with Crippen LogP contribution in [-0.4, -0.2) is 37.7 Å². The van der Waals surface area contributed by atoms with Gasteiger partial charge in [0.15, 0.2) is 0 Å². The fraction of sp³-hybridized carbons (Fsp3) is 0.438. The molecule has 0 aliphatic carbocycles. The molecule has 23 heavy (non-hydrogen) atoms. The highest BCUT2D eigenvalue weighted by Crippen LogP contribution is 2.37. The van der Waals surface area contributed by atoms with E-state index < -0.39 is 23.8 Å². The van der Waals surface area contributed by atoms with E-state index in [4.69, 9.17) is 9.47 Å². The van der Waals surface area contributed by atoms with Crippen molar-refractivity contribution in [3.05, 3.63) is 40.8 Å². The number of halogens is 3. The number of ketones is 1. The minimum Gasteiger partial charge on any atom is -0.441 e. The molecule has 0 amide bonds. The SMILES string of the molecule is CCOC1OC(N(C)C)=C(c2cc(C(F)(F)F)ccc2C)C1=O. The van der Waals surface area contributed by atoms with Gasteiger partial charge in [0.2, 0.25) is 11.7 Å². The molecule has 0 saturated carbocycles. The standard InChI is InChI=1S/C16H18F3NO3/c1-5-22-15-13(21)12(14(23-15)20(3)4)11-8-10(16(17,18)19)7-6-9(11)2/h6-8,15H,5H2,1-4H3. The lowest BCUT2D eigenvalue weighted by atomic mass is 9.95. The Kier molecular flexibility index (Phi) is 4.70. The molecule has 0 bridgehead atoms.